The van der Waals surface area contributed by atoms with Crippen LogP contribution in [0.5, 0.6) is 11.5 Å². The van der Waals surface area contributed by atoms with Gasteiger partial charge in [0, 0.05) is 24.1 Å². The molecule has 1 aromatic carbocycles. The van der Waals surface area contributed by atoms with Crippen LogP contribution in [0.2, 0.25) is 0 Å². The zero-order chi connectivity index (χ0) is 23.3. The van der Waals surface area contributed by atoms with Crippen LogP contribution in [0.25, 0.3) is 10.9 Å². The number of hydrogen-bond donors (Lipinski definition) is 0. The van der Waals surface area contributed by atoms with Gasteiger partial charge in [-0.05, 0) is 25.3 Å². The van der Waals surface area contributed by atoms with E-state index in [9.17, 15) is 14.9 Å². The summed E-state index contributed by atoms with van der Waals surface area (Å²) in [5.41, 5.74) is 0.231. The highest BCUT2D eigenvalue weighted by atomic mass is 16.6. The lowest BCUT2D eigenvalue weighted by Crippen LogP contribution is -2.24. The molecular weight excluding hydrogens is 408 g/mol. The van der Waals surface area contributed by atoms with Gasteiger partial charge < -0.3 is 14.0 Å². The molecule has 0 unspecified atom stereocenters. The van der Waals surface area contributed by atoms with Gasteiger partial charge in [-0.2, -0.15) is 0 Å². The molecule has 1 aromatic heterocycles. The average molecular weight is 447 g/mol. The molecule has 0 bridgehead atoms. The van der Waals surface area contributed by atoms with E-state index >= 15 is 0 Å². The SMILES string of the molecule is CCCCCCOc1c(OCCCC)c2ccc([N+](=O)[O-])cc2n(CCCCCC)c1=O. The van der Waals surface area contributed by atoms with Crippen LogP contribution < -0.4 is 15.0 Å². The lowest BCUT2D eigenvalue weighted by Gasteiger charge is -2.18. The molecule has 0 amide bonds. The molecule has 2 aromatic rings. The van der Waals surface area contributed by atoms with Crippen molar-refractivity contribution in [2.24, 2.45) is 0 Å². The van der Waals surface area contributed by atoms with Crippen LogP contribution in [-0.4, -0.2) is 22.7 Å². The van der Waals surface area contributed by atoms with Crippen molar-refractivity contribution in [1.29, 1.82) is 0 Å². The van der Waals surface area contributed by atoms with Crippen LogP contribution in [0.1, 0.15) is 85.0 Å². The molecule has 0 fully saturated rings. The summed E-state index contributed by atoms with van der Waals surface area (Å²) < 4.78 is 13.7. The third-order valence-corrected chi connectivity index (χ3v) is 5.60. The van der Waals surface area contributed by atoms with Crippen molar-refractivity contribution in [2.75, 3.05) is 13.2 Å². The van der Waals surface area contributed by atoms with E-state index in [2.05, 4.69) is 20.8 Å². The van der Waals surface area contributed by atoms with Crippen LogP contribution in [0.15, 0.2) is 23.0 Å². The zero-order valence-corrected chi connectivity index (χ0v) is 19.9. The maximum Gasteiger partial charge on any atom is 0.297 e. The number of fused-ring (bicyclic) bond motifs is 1. The number of nitro groups is 1. The Labute approximate surface area is 190 Å². The summed E-state index contributed by atoms with van der Waals surface area (Å²) in [4.78, 5) is 24.5. The fraction of sp³-hybridized carbons (Fsp3) is 0.640. The number of hydrogen-bond acceptors (Lipinski definition) is 5. The van der Waals surface area contributed by atoms with Gasteiger partial charge in [-0.1, -0.05) is 65.7 Å². The first-order valence-electron chi connectivity index (χ1n) is 12.2. The largest absolute Gasteiger partial charge is 0.489 e. The molecule has 0 N–H and O–H groups in total. The lowest BCUT2D eigenvalue weighted by molar-refractivity contribution is -0.384. The van der Waals surface area contributed by atoms with Gasteiger partial charge in [0.2, 0.25) is 5.75 Å². The minimum Gasteiger partial charge on any atom is -0.489 e. The Bertz CT molecular complexity index is 923. The van der Waals surface area contributed by atoms with E-state index in [4.69, 9.17) is 9.47 Å². The number of rotatable bonds is 16. The van der Waals surface area contributed by atoms with E-state index in [1.54, 1.807) is 10.6 Å². The number of aromatic nitrogens is 1. The Kier molecular flexibility index (Phi) is 11.0. The minimum absolute atomic E-state index is 0.0352. The lowest BCUT2D eigenvalue weighted by atomic mass is 10.1. The van der Waals surface area contributed by atoms with Crippen LogP contribution in [0, 0.1) is 10.1 Å². The van der Waals surface area contributed by atoms with Crippen molar-refractivity contribution >= 4 is 16.6 Å². The standard InChI is InChI=1S/C25H38N2O5/c1-4-7-10-12-16-26-22-19-20(27(29)30)14-15-21(22)23(31-17-9-6-3)24(25(26)28)32-18-13-11-8-5-2/h14-15,19H,4-13,16-18H2,1-3H3. The second-order valence-corrected chi connectivity index (χ2v) is 8.25. The fourth-order valence-corrected chi connectivity index (χ4v) is 3.71. The molecule has 0 saturated carbocycles. The van der Waals surface area contributed by atoms with E-state index < -0.39 is 4.92 Å². The summed E-state index contributed by atoms with van der Waals surface area (Å²) in [6.45, 7) is 7.78. The zero-order valence-electron chi connectivity index (χ0n) is 19.9. The molecule has 1 heterocycles. The Morgan fingerprint density at radius 2 is 1.47 bits per heavy atom. The molecule has 7 nitrogen and oxygen atoms in total. The van der Waals surface area contributed by atoms with Gasteiger partial charge in [0.1, 0.15) is 0 Å². The minimum atomic E-state index is -0.429. The van der Waals surface area contributed by atoms with Gasteiger partial charge in [0.25, 0.3) is 11.2 Å². The van der Waals surface area contributed by atoms with Crippen LogP contribution in [-0.2, 0) is 6.54 Å². The number of ether oxygens (including phenoxy) is 2. The summed E-state index contributed by atoms with van der Waals surface area (Å²) in [5, 5.41) is 12.1. The number of pyridine rings is 1. The Hall–Kier alpha value is -2.57. The van der Waals surface area contributed by atoms with Crippen molar-refractivity contribution in [2.45, 2.75) is 91.5 Å². The van der Waals surface area contributed by atoms with Crippen LogP contribution in [0.4, 0.5) is 5.69 Å². The first-order chi connectivity index (χ1) is 15.5. The summed E-state index contributed by atoms with van der Waals surface area (Å²) in [6.07, 6.45) is 10.0. The van der Waals surface area contributed by atoms with Gasteiger partial charge in [0.15, 0.2) is 5.75 Å². The monoisotopic (exact) mass is 446 g/mol. The maximum absolute atomic E-state index is 13.5. The van der Waals surface area contributed by atoms with E-state index in [0.717, 1.165) is 64.2 Å². The molecule has 0 aliphatic heterocycles. The Balaban J connectivity index is 2.53. The average Bonchev–Trinajstić information content (AvgIpc) is 2.79. The summed E-state index contributed by atoms with van der Waals surface area (Å²) in [5.74, 6) is 0.642. The van der Waals surface area contributed by atoms with Gasteiger partial charge in [-0.15, -0.1) is 0 Å². The number of benzene rings is 1. The highest BCUT2D eigenvalue weighted by Gasteiger charge is 2.21. The van der Waals surface area contributed by atoms with E-state index in [-0.39, 0.29) is 17.0 Å². The molecule has 0 radical (unpaired) electrons. The highest BCUT2D eigenvalue weighted by Crippen LogP contribution is 2.35. The van der Waals surface area contributed by atoms with Crippen molar-refractivity contribution in [1.82, 2.24) is 4.57 Å². The summed E-state index contributed by atoms with van der Waals surface area (Å²) in [6, 6.07) is 4.63. The molecule has 0 saturated heterocycles. The van der Waals surface area contributed by atoms with Crippen molar-refractivity contribution in [3.8, 4) is 11.5 Å². The second-order valence-electron chi connectivity index (χ2n) is 8.25. The number of aryl methyl sites for hydroxylation is 1. The van der Waals surface area contributed by atoms with E-state index in [1.807, 2.05) is 0 Å². The van der Waals surface area contributed by atoms with Crippen LogP contribution in [0.3, 0.4) is 0 Å². The Morgan fingerprint density at radius 3 is 2.12 bits per heavy atom. The molecule has 32 heavy (non-hydrogen) atoms. The molecule has 0 spiro atoms. The first-order valence-corrected chi connectivity index (χ1v) is 12.2. The van der Waals surface area contributed by atoms with E-state index in [1.165, 1.54) is 12.1 Å². The van der Waals surface area contributed by atoms with E-state index in [0.29, 0.717) is 36.4 Å². The van der Waals surface area contributed by atoms with Gasteiger partial charge >= 0.3 is 0 Å². The van der Waals surface area contributed by atoms with Gasteiger partial charge in [0.05, 0.1) is 23.7 Å². The third kappa shape index (κ3) is 6.97. The predicted molar refractivity (Wildman–Crippen MR) is 129 cm³/mol. The first kappa shape index (κ1) is 25.7. The van der Waals surface area contributed by atoms with Crippen molar-refractivity contribution < 1.29 is 14.4 Å². The van der Waals surface area contributed by atoms with Crippen LogP contribution >= 0.6 is 0 Å². The van der Waals surface area contributed by atoms with Gasteiger partial charge in [-0.25, -0.2) is 0 Å². The number of nitrogens with zero attached hydrogens (tertiary/aromatic N) is 2. The normalized spacial score (nSPS) is 11.1. The number of unbranched alkanes of at least 4 members (excludes halogenated alkanes) is 7. The summed E-state index contributed by atoms with van der Waals surface area (Å²) in [7, 11) is 0. The number of non-ortho nitro benzene ring substituents is 1. The molecule has 178 valence electrons. The number of nitro benzene ring substituents is 1. The third-order valence-electron chi connectivity index (χ3n) is 5.60. The second kappa shape index (κ2) is 13.8. The molecule has 7 heteroatoms. The molecule has 0 aliphatic rings. The van der Waals surface area contributed by atoms with Crippen molar-refractivity contribution in [3.63, 3.8) is 0 Å². The molecule has 0 atom stereocenters. The topological polar surface area (TPSA) is 83.6 Å². The molecular formula is C25H38N2O5. The van der Waals surface area contributed by atoms with Gasteiger partial charge in [-0.3, -0.25) is 14.9 Å². The molecule has 2 rings (SSSR count). The Morgan fingerprint density at radius 1 is 0.844 bits per heavy atom. The summed E-state index contributed by atoms with van der Waals surface area (Å²) >= 11 is 0. The smallest absolute Gasteiger partial charge is 0.297 e. The maximum atomic E-state index is 13.5. The van der Waals surface area contributed by atoms with Crippen molar-refractivity contribution in [3.05, 3.63) is 38.7 Å². The molecule has 0 aliphatic carbocycles. The highest BCUT2D eigenvalue weighted by molar-refractivity contribution is 5.89. The predicted octanol–water partition coefficient (Wildman–Crippen LogP) is 6.63. The quantitative estimate of drug-likeness (QED) is 0.164. The fourth-order valence-electron chi connectivity index (χ4n) is 3.71.